The minimum atomic E-state index is -1.01. The largest absolute Gasteiger partial charge is 0.504 e. The number of carbonyl (C=O) groups is 1. The van der Waals surface area contributed by atoms with E-state index in [0.717, 1.165) is 11.1 Å². The van der Waals surface area contributed by atoms with Gasteiger partial charge in [0.25, 0.3) is 0 Å². The number of aliphatic hydroxyl groups is 1. The van der Waals surface area contributed by atoms with Gasteiger partial charge < -0.3 is 20.3 Å². The molecule has 5 rings (SSSR count). The number of nitrogens with one attached hydrogen (secondary N) is 1. The molecule has 0 aromatic heterocycles. The van der Waals surface area contributed by atoms with Crippen molar-refractivity contribution in [3.05, 3.63) is 23.3 Å². The molecule has 3 N–H and O–H groups in total. The van der Waals surface area contributed by atoms with Gasteiger partial charge in [0, 0.05) is 24.1 Å². The zero-order valence-electron chi connectivity index (χ0n) is 11.7. The fourth-order valence-corrected chi connectivity index (χ4v) is 5.27. The van der Waals surface area contributed by atoms with E-state index in [1.165, 1.54) is 0 Å². The maximum Gasteiger partial charge on any atom is 0.174 e. The Morgan fingerprint density at radius 1 is 1.43 bits per heavy atom. The predicted molar refractivity (Wildman–Crippen MR) is 73.3 cm³/mol. The zero-order chi connectivity index (χ0) is 14.6. The van der Waals surface area contributed by atoms with Crippen molar-refractivity contribution in [1.82, 2.24) is 5.32 Å². The van der Waals surface area contributed by atoms with Crippen LogP contribution in [0.25, 0.3) is 0 Å². The van der Waals surface area contributed by atoms with Crippen molar-refractivity contribution in [3.8, 4) is 11.5 Å². The van der Waals surface area contributed by atoms with Gasteiger partial charge in [-0.2, -0.15) is 0 Å². The molecule has 1 aromatic rings. The summed E-state index contributed by atoms with van der Waals surface area (Å²) in [4.78, 5) is 12.4. The molecule has 1 aromatic carbocycles. The Morgan fingerprint density at radius 2 is 2.24 bits per heavy atom. The number of rotatable bonds is 0. The Kier molecular flexibility index (Phi) is 1.86. The van der Waals surface area contributed by atoms with Gasteiger partial charge in [0.15, 0.2) is 23.4 Å². The van der Waals surface area contributed by atoms with Crippen molar-refractivity contribution in [2.24, 2.45) is 0 Å². The van der Waals surface area contributed by atoms with Gasteiger partial charge in [-0.1, -0.05) is 6.07 Å². The number of aromatic hydroxyl groups is 1. The lowest BCUT2D eigenvalue weighted by atomic mass is 9.55. The van der Waals surface area contributed by atoms with Gasteiger partial charge >= 0.3 is 0 Å². The number of phenolic OH excluding ortho intramolecular Hbond substituents is 1. The average molecular weight is 287 g/mol. The molecule has 5 atom stereocenters. The van der Waals surface area contributed by atoms with E-state index in [9.17, 15) is 15.0 Å². The Bertz CT molecular complexity index is 702. The van der Waals surface area contributed by atoms with Gasteiger partial charge in [0.2, 0.25) is 0 Å². The number of ketones is 1. The van der Waals surface area contributed by atoms with Crippen molar-refractivity contribution in [2.45, 2.75) is 55.4 Å². The first-order valence-electron chi connectivity index (χ1n) is 7.53. The zero-order valence-corrected chi connectivity index (χ0v) is 11.7. The lowest BCUT2D eigenvalue weighted by molar-refractivity contribution is -0.163. The normalized spacial score (nSPS) is 45.4. The molecule has 2 aliphatic carbocycles. The SMILES string of the molecule is CC1NC2CC34c5c2ccc(O)c5OC3C(=O)CCC14O. The van der Waals surface area contributed by atoms with Gasteiger partial charge in [-0.3, -0.25) is 4.79 Å². The van der Waals surface area contributed by atoms with Crippen LogP contribution in [0.15, 0.2) is 12.1 Å². The van der Waals surface area contributed by atoms with E-state index in [1.807, 2.05) is 13.0 Å². The van der Waals surface area contributed by atoms with Gasteiger partial charge in [-0.25, -0.2) is 0 Å². The Labute approximate surface area is 121 Å². The molecule has 1 spiro atoms. The second-order valence-corrected chi connectivity index (χ2v) is 6.88. The van der Waals surface area contributed by atoms with Crippen LogP contribution in [0.5, 0.6) is 11.5 Å². The summed E-state index contributed by atoms with van der Waals surface area (Å²) in [7, 11) is 0. The second-order valence-electron chi connectivity index (χ2n) is 6.88. The minimum absolute atomic E-state index is 0.0379. The number of phenols is 1. The molecule has 2 bridgehead atoms. The number of carbonyl (C=O) groups excluding carboxylic acids is 1. The highest BCUT2D eigenvalue weighted by Crippen LogP contribution is 2.67. The molecule has 21 heavy (non-hydrogen) atoms. The van der Waals surface area contributed by atoms with Gasteiger partial charge in [-0.05, 0) is 31.4 Å². The van der Waals surface area contributed by atoms with E-state index in [0.29, 0.717) is 25.0 Å². The standard InChI is InChI=1S/C16H17NO4/c1-7-16(20)5-4-11(19)14-15(16)6-9(17-7)8-2-3-10(18)13(21-14)12(8)15/h2-3,7,9,14,17-18,20H,4-6H2,1H3. The molecule has 1 saturated heterocycles. The maximum absolute atomic E-state index is 12.4. The highest BCUT2D eigenvalue weighted by atomic mass is 16.5. The van der Waals surface area contributed by atoms with Crippen LogP contribution in [0, 0.1) is 0 Å². The van der Waals surface area contributed by atoms with E-state index >= 15 is 0 Å². The molecule has 0 amide bonds. The number of ether oxygens (including phenoxy) is 1. The summed E-state index contributed by atoms with van der Waals surface area (Å²) < 4.78 is 5.87. The van der Waals surface area contributed by atoms with Crippen LogP contribution < -0.4 is 10.1 Å². The third-order valence-electron chi connectivity index (χ3n) is 6.19. The number of hydrogen-bond acceptors (Lipinski definition) is 5. The van der Waals surface area contributed by atoms with Crippen molar-refractivity contribution in [1.29, 1.82) is 0 Å². The molecule has 5 heteroatoms. The van der Waals surface area contributed by atoms with Crippen LogP contribution in [-0.2, 0) is 10.2 Å². The second kappa shape index (κ2) is 3.25. The Hall–Kier alpha value is -1.59. The Morgan fingerprint density at radius 3 is 3.05 bits per heavy atom. The summed E-state index contributed by atoms with van der Waals surface area (Å²) in [5.41, 5.74) is 0.223. The number of benzene rings is 1. The molecule has 2 heterocycles. The average Bonchev–Trinajstić information content (AvgIpc) is 2.93. The minimum Gasteiger partial charge on any atom is -0.504 e. The predicted octanol–water partition coefficient (Wildman–Crippen LogP) is 0.921. The van der Waals surface area contributed by atoms with Crippen molar-refractivity contribution >= 4 is 5.78 Å². The summed E-state index contributed by atoms with van der Waals surface area (Å²) in [5.74, 6) is 0.508. The van der Waals surface area contributed by atoms with Crippen LogP contribution >= 0.6 is 0 Å². The third kappa shape index (κ3) is 1.03. The number of Topliss-reactive ketones (excluding diaryl/α,β-unsaturated/α-hetero) is 1. The Balaban J connectivity index is 1.89. The van der Waals surface area contributed by atoms with Crippen molar-refractivity contribution in [2.75, 3.05) is 0 Å². The van der Waals surface area contributed by atoms with Gasteiger partial charge in [-0.15, -0.1) is 0 Å². The lowest BCUT2D eigenvalue weighted by Crippen LogP contribution is -2.71. The van der Waals surface area contributed by atoms with E-state index in [4.69, 9.17) is 4.74 Å². The molecule has 1 saturated carbocycles. The molecule has 110 valence electrons. The first-order valence-corrected chi connectivity index (χ1v) is 7.53. The van der Waals surface area contributed by atoms with Crippen LogP contribution in [-0.4, -0.2) is 33.7 Å². The number of hydrogen-bond donors (Lipinski definition) is 3. The van der Waals surface area contributed by atoms with Crippen LogP contribution in [0.2, 0.25) is 0 Å². The molecule has 0 radical (unpaired) electrons. The third-order valence-corrected chi connectivity index (χ3v) is 6.19. The van der Waals surface area contributed by atoms with Gasteiger partial charge in [0.1, 0.15) is 0 Å². The number of fused-ring (bicyclic) bond motifs is 2. The monoisotopic (exact) mass is 287 g/mol. The first-order chi connectivity index (χ1) is 9.99. The van der Waals surface area contributed by atoms with Gasteiger partial charge in [0.05, 0.1) is 11.0 Å². The summed E-state index contributed by atoms with van der Waals surface area (Å²) in [6.07, 6.45) is 0.772. The molecular formula is C16H17NO4. The molecule has 4 aliphatic rings. The summed E-state index contributed by atoms with van der Waals surface area (Å²) in [6.45, 7) is 1.98. The maximum atomic E-state index is 12.4. The lowest BCUT2D eigenvalue weighted by Gasteiger charge is -2.54. The molecule has 2 fully saturated rings. The molecular weight excluding hydrogens is 270 g/mol. The summed E-state index contributed by atoms with van der Waals surface area (Å²) >= 11 is 0. The van der Waals surface area contributed by atoms with Crippen LogP contribution in [0.3, 0.4) is 0 Å². The van der Waals surface area contributed by atoms with Crippen LogP contribution in [0.4, 0.5) is 0 Å². The summed E-state index contributed by atoms with van der Waals surface area (Å²) in [6, 6.07) is 3.52. The summed E-state index contributed by atoms with van der Waals surface area (Å²) in [5, 5.41) is 25.0. The number of piperidine rings is 1. The van der Waals surface area contributed by atoms with E-state index in [2.05, 4.69) is 5.32 Å². The highest BCUT2D eigenvalue weighted by Gasteiger charge is 2.73. The van der Waals surface area contributed by atoms with Crippen molar-refractivity contribution in [3.63, 3.8) is 0 Å². The highest BCUT2D eigenvalue weighted by molar-refractivity contribution is 5.90. The molecule has 5 unspecified atom stereocenters. The first kappa shape index (κ1) is 12.0. The molecule has 2 aliphatic heterocycles. The quantitative estimate of drug-likeness (QED) is 0.661. The fourth-order valence-electron chi connectivity index (χ4n) is 5.27. The smallest absolute Gasteiger partial charge is 0.174 e. The topological polar surface area (TPSA) is 78.8 Å². The van der Waals surface area contributed by atoms with Crippen molar-refractivity contribution < 1.29 is 19.7 Å². The van der Waals surface area contributed by atoms with E-state index in [-0.39, 0.29) is 23.6 Å². The fraction of sp³-hybridized carbons (Fsp3) is 0.562. The van der Waals surface area contributed by atoms with E-state index in [1.54, 1.807) is 6.07 Å². The molecule has 5 nitrogen and oxygen atoms in total. The van der Waals surface area contributed by atoms with E-state index < -0.39 is 17.1 Å². The van der Waals surface area contributed by atoms with Crippen LogP contribution in [0.1, 0.15) is 43.4 Å².